The van der Waals surface area contributed by atoms with Crippen molar-refractivity contribution in [1.29, 1.82) is 0 Å². The molecule has 1 aromatic heterocycles. The minimum atomic E-state index is 0.555. The Hall–Kier alpha value is -1.29. The minimum absolute atomic E-state index is 0.555. The summed E-state index contributed by atoms with van der Waals surface area (Å²) in [5, 5.41) is 3.53. The molecule has 1 N–H and O–H groups in total. The quantitative estimate of drug-likeness (QED) is 0.800. The largest absolute Gasteiger partial charge is 0.481 e. The summed E-state index contributed by atoms with van der Waals surface area (Å²) in [6.07, 6.45) is 5.00. The van der Waals surface area contributed by atoms with Crippen molar-refractivity contribution in [2.75, 3.05) is 31.6 Å². The number of nitrogens with one attached hydrogen (secondary N) is 1. The number of anilines is 1. The summed E-state index contributed by atoms with van der Waals surface area (Å²) in [6.45, 7) is 5.44. The van der Waals surface area contributed by atoms with E-state index in [1.54, 1.807) is 7.11 Å². The fourth-order valence-electron chi connectivity index (χ4n) is 2.64. The lowest BCUT2D eigenvalue weighted by atomic mass is 10.0. The third-order valence-electron chi connectivity index (χ3n) is 3.65. The van der Waals surface area contributed by atoms with Crippen LogP contribution >= 0.6 is 0 Å². The van der Waals surface area contributed by atoms with E-state index >= 15 is 0 Å². The molecule has 2 rings (SSSR count). The van der Waals surface area contributed by atoms with E-state index in [4.69, 9.17) is 4.74 Å². The predicted octanol–water partition coefficient (Wildman–Crippen LogP) is 2.45. The lowest BCUT2D eigenvalue weighted by Crippen LogP contribution is -2.46. The SMILES string of the molecule is CCCNCC1CCCCN1c1cccc(OC)n1. The van der Waals surface area contributed by atoms with Crippen molar-refractivity contribution in [3.05, 3.63) is 18.2 Å². The molecule has 1 saturated heterocycles. The van der Waals surface area contributed by atoms with Crippen LogP contribution in [0.25, 0.3) is 0 Å². The monoisotopic (exact) mass is 263 g/mol. The molecule has 1 aliphatic rings. The summed E-state index contributed by atoms with van der Waals surface area (Å²) < 4.78 is 5.23. The molecule has 2 heterocycles. The highest BCUT2D eigenvalue weighted by molar-refractivity contribution is 5.42. The van der Waals surface area contributed by atoms with Gasteiger partial charge in [0.2, 0.25) is 5.88 Å². The van der Waals surface area contributed by atoms with Crippen LogP contribution in [-0.2, 0) is 0 Å². The van der Waals surface area contributed by atoms with Crippen LogP contribution in [0.1, 0.15) is 32.6 Å². The molecule has 0 bridgehead atoms. The third-order valence-corrected chi connectivity index (χ3v) is 3.65. The van der Waals surface area contributed by atoms with Gasteiger partial charge in [-0.1, -0.05) is 13.0 Å². The van der Waals surface area contributed by atoms with Crippen molar-refractivity contribution < 1.29 is 4.74 Å². The molecular weight excluding hydrogens is 238 g/mol. The molecule has 0 saturated carbocycles. The number of nitrogens with zero attached hydrogens (tertiary/aromatic N) is 2. The zero-order chi connectivity index (χ0) is 13.5. The molecule has 4 nitrogen and oxygen atoms in total. The Morgan fingerprint density at radius 2 is 2.32 bits per heavy atom. The van der Waals surface area contributed by atoms with Gasteiger partial charge in [0.15, 0.2) is 0 Å². The zero-order valence-corrected chi connectivity index (χ0v) is 12.1. The van der Waals surface area contributed by atoms with Gasteiger partial charge in [0.25, 0.3) is 0 Å². The standard InChI is InChI=1S/C15H25N3O/c1-3-10-16-12-13-7-4-5-11-18(13)14-8-6-9-15(17-14)19-2/h6,8-9,13,16H,3-5,7,10-12H2,1-2H3. The Bertz CT molecular complexity index is 383. The fraction of sp³-hybridized carbons (Fsp3) is 0.667. The molecule has 106 valence electrons. The topological polar surface area (TPSA) is 37.4 Å². The summed E-state index contributed by atoms with van der Waals surface area (Å²) in [7, 11) is 1.67. The van der Waals surface area contributed by atoms with E-state index in [-0.39, 0.29) is 0 Å². The van der Waals surface area contributed by atoms with Crippen molar-refractivity contribution >= 4 is 5.82 Å². The number of hydrogen-bond acceptors (Lipinski definition) is 4. The van der Waals surface area contributed by atoms with Crippen molar-refractivity contribution in [1.82, 2.24) is 10.3 Å². The molecule has 1 aromatic rings. The number of methoxy groups -OCH3 is 1. The lowest BCUT2D eigenvalue weighted by molar-refractivity contribution is 0.393. The maximum absolute atomic E-state index is 5.23. The van der Waals surface area contributed by atoms with Gasteiger partial charge in [0.05, 0.1) is 7.11 Å². The summed E-state index contributed by atoms with van der Waals surface area (Å²) in [4.78, 5) is 6.99. The maximum Gasteiger partial charge on any atom is 0.214 e. The number of rotatable bonds is 6. The van der Waals surface area contributed by atoms with Gasteiger partial charge in [-0.15, -0.1) is 0 Å². The highest BCUT2D eigenvalue weighted by Gasteiger charge is 2.23. The van der Waals surface area contributed by atoms with Crippen molar-refractivity contribution in [2.45, 2.75) is 38.6 Å². The van der Waals surface area contributed by atoms with E-state index in [1.807, 2.05) is 12.1 Å². The second kappa shape index (κ2) is 7.34. The Labute approximate surface area is 116 Å². The molecule has 19 heavy (non-hydrogen) atoms. The molecule has 0 aliphatic carbocycles. The first-order valence-corrected chi connectivity index (χ1v) is 7.33. The average Bonchev–Trinajstić information content (AvgIpc) is 2.48. The number of pyridine rings is 1. The van der Waals surface area contributed by atoms with Crippen LogP contribution in [-0.4, -0.2) is 37.8 Å². The first-order chi connectivity index (χ1) is 9.35. The molecule has 1 unspecified atom stereocenters. The van der Waals surface area contributed by atoms with Crippen LogP contribution in [0.4, 0.5) is 5.82 Å². The second-order valence-corrected chi connectivity index (χ2v) is 5.09. The van der Waals surface area contributed by atoms with E-state index in [2.05, 4.69) is 28.2 Å². The van der Waals surface area contributed by atoms with Crippen LogP contribution in [0.5, 0.6) is 5.88 Å². The second-order valence-electron chi connectivity index (χ2n) is 5.09. The van der Waals surface area contributed by atoms with Gasteiger partial charge in [-0.2, -0.15) is 4.98 Å². The van der Waals surface area contributed by atoms with Crippen molar-refractivity contribution in [2.24, 2.45) is 0 Å². The van der Waals surface area contributed by atoms with Crippen molar-refractivity contribution in [3.63, 3.8) is 0 Å². The van der Waals surface area contributed by atoms with Crippen LogP contribution < -0.4 is 15.0 Å². The first kappa shape index (κ1) is 14.1. The molecule has 1 fully saturated rings. The molecule has 0 spiro atoms. The molecule has 1 atom stereocenters. The van der Waals surface area contributed by atoms with E-state index in [1.165, 1.54) is 25.7 Å². The zero-order valence-electron chi connectivity index (χ0n) is 12.1. The van der Waals surface area contributed by atoms with Gasteiger partial charge < -0.3 is 15.0 Å². The highest BCUT2D eigenvalue weighted by atomic mass is 16.5. The van der Waals surface area contributed by atoms with Crippen LogP contribution in [0, 0.1) is 0 Å². The van der Waals surface area contributed by atoms with Gasteiger partial charge in [-0.3, -0.25) is 0 Å². The Kier molecular flexibility index (Phi) is 5.45. The highest BCUT2D eigenvalue weighted by Crippen LogP contribution is 2.24. The molecule has 1 aliphatic heterocycles. The molecule has 0 radical (unpaired) electrons. The van der Waals surface area contributed by atoms with E-state index in [0.717, 1.165) is 25.5 Å². The maximum atomic E-state index is 5.23. The van der Waals surface area contributed by atoms with Crippen LogP contribution in [0.3, 0.4) is 0 Å². The average molecular weight is 263 g/mol. The molecule has 0 aromatic carbocycles. The minimum Gasteiger partial charge on any atom is -0.481 e. The van der Waals surface area contributed by atoms with Crippen LogP contribution in [0.15, 0.2) is 18.2 Å². The molecular formula is C15H25N3O. The van der Waals surface area contributed by atoms with E-state index in [0.29, 0.717) is 11.9 Å². The third kappa shape index (κ3) is 3.83. The van der Waals surface area contributed by atoms with Crippen LogP contribution in [0.2, 0.25) is 0 Å². The Morgan fingerprint density at radius 1 is 1.42 bits per heavy atom. The Morgan fingerprint density at radius 3 is 3.11 bits per heavy atom. The normalized spacial score (nSPS) is 19.5. The lowest BCUT2D eigenvalue weighted by Gasteiger charge is -2.37. The van der Waals surface area contributed by atoms with Gasteiger partial charge >= 0.3 is 0 Å². The summed E-state index contributed by atoms with van der Waals surface area (Å²) in [5.74, 6) is 1.74. The number of hydrogen-bond donors (Lipinski definition) is 1. The number of piperidine rings is 1. The summed E-state index contributed by atoms with van der Waals surface area (Å²) >= 11 is 0. The fourth-order valence-corrected chi connectivity index (χ4v) is 2.64. The van der Waals surface area contributed by atoms with E-state index < -0.39 is 0 Å². The van der Waals surface area contributed by atoms with Gasteiger partial charge in [-0.05, 0) is 38.3 Å². The van der Waals surface area contributed by atoms with Gasteiger partial charge in [0, 0.05) is 25.2 Å². The number of aromatic nitrogens is 1. The predicted molar refractivity (Wildman–Crippen MR) is 78.9 cm³/mol. The summed E-state index contributed by atoms with van der Waals surface area (Å²) in [5.41, 5.74) is 0. The Balaban J connectivity index is 2.05. The smallest absolute Gasteiger partial charge is 0.214 e. The molecule has 4 heteroatoms. The summed E-state index contributed by atoms with van der Waals surface area (Å²) in [6, 6.07) is 6.56. The van der Waals surface area contributed by atoms with Gasteiger partial charge in [-0.25, -0.2) is 0 Å². The molecule has 0 amide bonds. The van der Waals surface area contributed by atoms with Crippen molar-refractivity contribution in [3.8, 4) is 5.88 Å². The van der Waals surface area contributed by atoms with Gasteiger partial charge in [0.1, 0.15) is 5.82 Å². The number of ether oxygens (including phenoxy) is 1. The van der Waals surface area contributed by atoms with E-state index in [9.17, 15) is 0 Å². The first-order valence-electron chi connectivity index (χ1n) is 7.33.